The number of rotatable bonds is 7. The van der Waals surface area contributed by atoms with Crippen LogP contribution in [0.25, 0.3) is 0 Å². The fraction of sp³-hybridized carbons (Fsp3) is 0.533. The fourth-order valence-corrected chi connectivity index (χ4v) is 2.03. The first-order valence-electron chi connectivity index (χ1n) is 7.08. The summed E-state index contributed by atoms with van der Waals surface area (Å²) in [7, 11) is 0. The van der Waals surface area contributed by atoms with E-state index in [2.05, 4.69) is 5.32 Å². The standard InChI is InChI=1S/C15H22F2N2O2/c1-3-11-5-6-12(4-2)13(9-11)18-15(21)19(7-8-20)10-14(16)17/h5-6,9,14,20H,3-4,7-8,10H2,1-2H3,(H,18,21). The van der Waals surface area contributed by atoms with Crippen LogP contribution >= 0.6 is 0 Å². The Labute approximate surface area is 123 Å². The van der Waals surface area contributed by atoms with E-state index in [1.807, 2.05) is 32.0 Å². The van der Waals surface area contributed by atoms with Crippen LogP contribution in [0.2, 0.25) is 0 Å². The topological polar surface area (TPSA) is 52.6 Å². The fourth-order valence-electron chi connectivity index (χ4n) is 2.03. The molecule has 0 bridgehead atoms. The van der Waals surface area contributed by atoms with Gasteiger partial charge in [0.15, 0.2) is 0 Å². The Morgan fingerprint density at radius 2 is 2.05 bits per heavy atom. The molecule has 0 heterocycles. The van der Waals surface area contributed by atoms with Gasteiger partial charge in [-0.15, -0.1) is 0 Å². The molecule has 2 N–H and O–H groups in total. The van der Waals surface area contributed by atoms with E-state index in [-0.39, 0.29) is 13.2 Å². The van der Waals surface area contributed by atoms with Crippen molar-refractivity contribution in [1.82, 2.24) is 4.90 Å². The van der Waals surface area contributed by atoms with E-state index in [1.54, 1.807) is 0 Å². The number of anilines is 1. The second-order valence-corrected chi connectivity index (χ2v) is 4.69. The van der Waals surface area contributed by atoms with Crippen molar-refractivity contribution in [2.24, 2.45) is 0 Å². The highest BCUT2D eigenvalue weighted by Gasteiger charge is 2.18. The summed E-state index contributed by atoms with van der Waals surface area (Å²) in [5.41, 5.74) is 2.64. The van der Waals surface area contributed by atoms with Gasteiger partial charge >= 0.3 is 6.03 Å². The first-order chi connectivity index (χ1) is 10.0. The Bertz CT molecular complexity index is 467. The summed E-state index contributed by atoms with van der Waals surface area (Å²) >= 11 is 0. The van der Waals surface area contributed by atoms with Crippen molar-refractivity contribution in [3.8, 4) is 0 Å². The number of urea groups is 1. The lowest BCUT2D eigenvalue weighted by molar-refractivity contribution is 0.0943. The molecule has 0 radical (unpaired) electrons. The van der Waals surface area contributed by atoms with Crippen molar-refractivity contribution >= 4 is 11.7 Å². The Kier molecular flexibility index (Phi) is 7.08. The molecule has 2 amide bonds. The molecule has 0 aliphatic rings. The smallest absolute Gasteiger partial charge is 0.322 e. The lowest BCUT2D eigenvalue weighted by atomic mass is 10.1. The number of benzene rings is 1. The number of aliphatic hydroxyl groups excluding tert-OH is 1. The third kappa shape index (κ3) is 5.30. The summed E-state index contributed by atoms with van der Waals surface area (Å²) in [5, 5.41) is 11.5. The highest BCUT2D eigenvalue weighted by atomic mass is 19.3. The number of nitrogens with zero attached hydrogens (tertiary/aromatic N) is 1. The van der Waals surface area contributed by atoms with Gasteiger partial charge in [-0.25, -0.2) is 13.6 Å². The largest absolute Gasteiger partial charge is 0.395 e. The zero-order valence-corrected chi connectivity index (χ0v) is 12.4. The molecule has 0 unspecified atom stereocenters. The number of aliphatic hydroxyl groups is 1. The number of carbonyl (C=O) groups is 1. The number of carbonyl (C=O) groups excluding carboxylic acids is 1. The highest BCUT2D eigenvalue weighted by Crippen LogP contribution is 2.19. The monoisotopic (exact) mass is 300 g/mol. The second kappa shape index (κ2) is 8.56. The van der Waals surface area contributed by atoms with E-state index in [4.69, 9.17) is 5.11 Å². The molecule has 1 aromatic rings. The molecule has 21 heavy (non-hydrogen) atoms. The number of alkyl halides is 2. The summed E-state index contributed by atoms with van der Waals surface area (Å²) in [4.78, 5) is 13.0. The van der Waals surface area contributed by atoms with Crippen LogP contribution in [0.5, 0.6) is 0 Å². The average Bonchev–Trinajstić information content (AvgIpc) is 2.46. The molecule has 6 heteroatoms. The van der Waals surface area contributed by atoms with Crippen molar-refractivity contribution in [3.05, 3.63) is 29.3 Å². The number of nitrogens with one attached hydrogen (secondary N) is 1. The van der Waals surface area contributed by atoms with Crippen LogP contribution in [0.15, 0.2) is 18.2 Å². The maximum Gasteiger partial charge on any atom is 0.322 e. The van der Waals surface area contributed by atoms with Gasteiger partial charge in [-0.1, -0.05) is 26.0 Å². The summed E-state index contributed by atoms with van der Waals surface area (Å²) in [6, 6.07) is 5.15. The number of aryl methyl sites for hydroxylation is 2. The molecule has 0 saturated heterocycles. The Morgan fingerprint density at radius 3 is 2.57 bits per heavy atom. The molecule has 0 aromatic heterocycles. The Morgan fingerprint density at radius 1 is 1.33 bits per heavy atom. The second-order valence-electron chi connectivity index (χ2n) is 4.69. The third-order valence-corrected chi connectivity index (χ3v) is 3.22. The van der Waals surface area contributed by atoms with E-state index in [9.17, 15) is 13.6 Å². The quantitative estimate of drug-likeness (QED) is 0.813. The van der Waals surface area contributed by atoms with Gasteiger partial charge in [-0.05, 0) is 30.0 Å². The molecule has 0 fully saturated rings. The van der Waals surface area contributed by atoms with Crippen LogP contribution in [0.4, 0.5) is 19.3 Å². The van der Waals surface area contributed by atoms with Gasteiger partial charge in [0.05, 0.1) is 13.2 Å². The number of hydrogen-bond acceptors (Lipinski definition) is 2. The first-order valence-corrected chi connectivity index (χ1v) is 7.08. The van der Waals surface area contributed by atoms with Gasteiger partial charge in [0.25, 0.3) is 6.43 Å². The molecule has 1 aromatic carbocycles. The Balaban J connectivity index is 2.88. The Hall–Kier alpha value is -1.69. The van der Waals surface area contributed by atoms with Gasteiger partial charge < -0.3 is 15.3 Å². The van der Waals surface area contributed by atoms with Crippen LogP contribution in [0, 0.1) is 0 Å². The third-order valence-electron chi connectivity index (χ3n) is 3.22. The summed E-state index contributed by atoms with van der Waals surface area (Å²) in [6.45, 7) is 2.80. The first kappa shape index (κ1) is 17.4. The summed E-state index contributed by atoms with van der Waals surface area (Å²) < 4.78 is 24.9. The van der Waals surface area contributed by atoms with Crippen LogP contribution < -0.4 is 5.32 Å². The van der Waals surface area contributed by atoms with Gasteiger partial charge in [-0.2, -0.15) is 0 Å². The minimum Gasteiger partial charge on any atom is -0.395 e. The molecule has 118 valence electrons. The molecule has 0 aliphatic carbocycles. The van der Waals surface area contributed by atoms with Crippen LogP contribution in [0.3, 0.4) is 0 Å². The normalized spacial score (nSPS) is 10.8. The summed E-state index contributed by atoms with van der Waals surface area (Å²) in [5.74, 6) is 0. The lowest BCUT2D eigenvalue weighted by Crippen LogP contribution is -2.40. The highest BCUT2D eigenvalue weighted by molar-refractivity contribution is 5.90. The SMILES string of the molecule is CCc1ccc(CC)c(NC(=O)N(CCO)CC(F)F)c1. The van der Waals surface area contributed by atoms with E-state index in [1.165, 1.54) is 0 Å². The van der Waals surface area contributed by atoms with Gasteiger partial charge in [0.1, 0.15) is 0 Å². The predicted molar refractivity (Wildman–Crippen MR) is 78.9 cm³/mol. The molecule has 0 saturated carbocycles. The van der Waals surface area contributed by atoms with Crippen molar-refractivity contribution in [3.63, 3.8) is 0 Å². The minimum absolute atomic E-state index is 0.120. The van der Waals surface area contributed by atoms with E-state index >= 15 is 0 Å². The molecule has 0 atom stereocenters. The van der Waals surface area contributed by atoms with Crippen LogP contribution in [-0.4, -0.2) is 42.2 Å². The molecule has 4 nitrogen and oxygen atoms in total. The van der Waals surface area contributed by atoms with Crippen molar-refractivity contribution in [2.75, 3.05) is 25.0 Å². The summed E-state index contributed by atoms with van der Waals surface area (Å²) in [6.07, 6.45) is -1.08. The molecular weight excluding hydrogens is 278 g/mol. The van der Waals surface area contributed by atoms with Crippen LogP contribution in [0.1, 0.15) is 25.0 Å². The minimum atomic E-state index is -2.63. The zero-order valence-electron chi connectivity index (χ0n) is 12.4. The van der Waals surface area contributed by atoms with Crippen molar-refractivity contribution < 1.29 is 18.7 Å². The molecule has 0 spiro atoms. The van der Waals surface area contributed by atoms with E-state index in [0.717, 1.165) is 28.9 Å². The number of amides is 2. The zero-order chi connectivity index (χ0) is 15.8. The van der Waals surface area contributed by atoms with Crippen LogP contribution in [-0.2, 0) is 12.8 Å². The van der Waals surface area contributed by atoms with Crippen molar-refractivity contribution in [2.45, 2.75) is 33.1 Å². The van der Waals surface area contributed by atoms with E-state index in [0.29, 0.717) is 5.69 Å². The van der Waals surface area contributed by atoms with Gasteiger partial charge in [0.2, 0.25) is 0 Å². The number of hydrogen-bond donors (Lipinski definition) is 2. The molecular formula is C15H22F2N2O2. The predicted octanol–water partition coefficient (Wildman–Crippen LogP) is 2.90. The molecule has 0 aliphatic heterocycles. The van der Waals surface area contributed by atoms with Gasteiger partial charge in [0, 0.05) is 12.2 Å². The molecule has 1 rings (SSSR count). The van der Waals surface area contributed by atoms with Crippen molar-refractivity contribution in [1.29, 1.82) is 0 Å². The van der Waals surface area contributed by atoms with Gasteiger partial charge in [-0.3, -0.25) is 0 Å². The maximum atomic E-state index is 12.5. The average molecular weight is 300 g/mol. The maximum absolute atomic E-state index is 12.5. The lowest BCUT2D eigenvalue weighted by Gasteiger charge is -2.22. The van der Waals surface area contributed by atoms with E-state index < -0.39 is 19.0 Å². The number of halogens is 2.